The maximum Gasteiger partial charge on any atom is 0.221 e. The molecule has 0 bridgehead atoms. The molecule has 21 heavy (non-hydrogen) atoms. The summed E-state index contributed by atoms with van der Waals surface area (Å²) in [5, 5.41) is 2.79. The Morgan fingerprint density at radius 2 is 2.24 bits per heavy atom. The molecule has 0 saturated heterocycles. The number of rotatable bonds is 4. The molecule has 0 unspecified atom stereocenters. The predicted molar refractivity (Wildman–Crippen MR) is 87.7 cm³/mol. The van der Waals surface area contributed by atoms with E-state index in [9.17, 15) is 4.79 Å². The van der Waals surface area contributed by atoms with E-state index in [0.29, 0.717) is 0 Å². The number of thiazole rings is 1. The second kappa shape index (κ2) is 6.24. The minimum Gasteiger partial charge on any atom is -0.326 e. The Labute approximate surface area is 130 Å². The number of nitrogens with one attached hydrogen (secondary N) is 1. The van der Waals surface area contributed by atoms with Gasteiger partial charge in [0.05, 0.1) is 15.9 Å². The molecular formula is C15H13N3OS2. The average Bonchev–Trinajstić information content (AvgIpc) is 2.88. The predicted octanol–water partition coefficient (Wildman–Crippen LogP) is 3.94. The molecule has 0 aliphatic heterocycles. The average molecular weight is 315 g/mol. The number of benzene rings is 1. The lowest BCUT2D eigenvalue weighted by Crippen LogP contribution is -2.05. The Balaban J connectivity index is 1.76. The number of aromatic nitrogens is 2. The molecule has 106 valence electrons. The van der Waals surface area contributed by atoms with Crippen molar-refractivity contribution in [3.63, 3.8) is 0 Å². The molecule has 4 nitrogen and oxygen atoms in total. The summed E-state index contributed by atoms with van der Waals surface area (Å²) >= 11 is 3.31. The SMILES string of the molecule is CC(=O)Nc1ccc2nc(SCc3ccccn3)sc2c1. The van der Waals surface area contributed by atoms with Crippen LogP contribution in [0.3, 0.4) is 0 Å². The van der Waals surface area contributed by atoms with Crippen molar-refractivity contribution < 1.29 is 4.79 Å². The molecule has 0 atom stereocenters. The van der Waals surface area contributed by atoms with Crippen LogP contribution in [0.2, 0.25) is 0 Å². The highest BCUT2D eigenvalue weighted by Gasteiger charge is 2.06. The molecule has 6 heteroatoms. The fraction of sp³-hybridized carbons (Fsp3) is 0.133. The van der Waals surface area contributed by atoms with Crippen molar-refractivity contribution in [3.8, 4) is 0 Å². The first-order chi connectivity index (χ1) is 10.2. The van der Waals surface area contributed by atoms with E-state index in [0.717, 1.165) is 31.7 Å². The van der Waals surface area contributed by atoms with Crippen LogP contribution in [-0.2, 0) is 10.5 Å². The van der Waals surface area contributed by atoms with Gasteiger partial charge in [0, 0.05) is 24.6 Å². The summed E-state index contributed by atoms with van der Waals surface area (Å²) in [7, 11) is 0. The molecule has 3 rings (SSSR count). The van der Waals surface area contributed by atoms with Crippen LogP contribution >= 0.6 is 23.1 Å². The monoisotopic (exact) mass is 315 g/mol. The Morgan fingerprint density at radius 1 is 1.33 bits per heavy atom. The van der Waals surface area contributed by atoms with Gasteiger partial charge in [-0.1, -0.05) is 17.8 Å². The van der Waals surface area contributed by atoms with Crippen LogP contribution in [0.5, 0.6) is 0 Å². The highest BCUT2D eigenvalue weighted by atomic mass is 32.2. The van der Waals surface area contributed by atoms with Gasteiger partial charge in [0.2, 0.25) is 5.91 Å². The number of fused-ring (bicyclic) bond motifs is 1. The van der Waals surface area contributed by atoms with E-state index in [2.05, 4.69) is 15.3 Å². The maximum atomic E-state index is 11.1. The first-order valence-electron chi connectivity index (χ1n) is 6.41. The maximum absolute atomic E-state index is 11.1. The van der Waals surface area contributed by atoms with Crippen LogP contribution < -0.4 is 5.32 Å². The summed E-state index contributed by atoms with van der Waals surface area (Å²) in [5.41, 5.74) is 2.80. The van der Waals surface area contributed by atoms with E-state index >= 15 is 0 Å². The Hall–Kier alpha value is -1.92. The van der Waals surface area contributed by atoms with E-state index in [4.69, 9.17) is 0 Å². The van der Waals surface area contributed by atoms with Crippen LogP contribution in [0.1, 0.15) is 12.6 Å². The van der Waals surface area contributed by atoms with Crippen LogP contribution in [0, 0.1) is 0 Å². The summed E-state index contributed by atoms with van der Waals surface area (Å²) in [6, 6.07) is 11.7. The molecule has 0 saturated carbocycles. The number of hydrogen-bond donors (Lipinski definition) is 1. The molecule has 0 aliphatic rings. The highest BCUT2D eigenvalue weighted by Crippen LogP contribution is 2.32. The van der Waals surface area contributed by atoms with Crippen LogP contribution in [0.4, 0.5) is 5.69 Å². The van der Waals surface area contributed by atoms with E-state index in [1.165, 1.54) is 6.92 Å². The quantitative estimate of drug-likeness (QED) is 0.741. The van der Waals surface area contributed by atoms with Gasteiger partial charge in [-0.15, -0.1) is 11.3 Å². The summed E-state index contributed by atoms with van der Waals surface area (Å²) in [5.74, 6) is 0.739. The second-order valence-corrected chi connectivity index (χ2v) is 6.71. The molecular weight excluding hydrogens is 302 g/mol. The van der Waals surface area contributed by atoms with E-state index < -0.39 is 0 Å². The zero-order valence-electron chi connectivity index (χ0n) is 11.4. The molecule has 0 radical (unpaired) electrons. The zero-order valence-corrected chi connectivity index (χ0v) is 13.0. The Morgan fingerprint density at radius 3 is 3.00 bits per heavy atom. The zero-order chi connectivity index (χ0) is 14.7. The summed E-state index contributed by atoms with van der Waals surface area (Å²) in [6.45, 7) is 1.50. The third kappa shape index (κ3) is 3.59. The second-order valence-electron chi connectivity index (χ2n) is 4.45. The highest BCUT2D eigenvalue weighted by molar-refractivity contribution is 8.00. The summed E-state index contributed by atoms with van der Waals surface area (Å²) < 4.78 is 2.08. The summed E-state index contributed by atoms with van der Waals surface area (Å²) in [6.07, 6.45) is 1.80. The molecule has 1 aromatic carbocycles. The smallest absolute Gasteiger partial charge is 0.221 e. The number of hydrogen-bond acceptors (Lipinski definition) is 5. The van der Waals surface area contributed by atoms with Gasteiger partial charge in [-0.2, -0.15) is 0 Å². The number of amides is 1. The minimum atomic E-state index is -0.0661. The Kier molecular flexibility index (Phi) is 4.17. The standard InChI is InChI=1S/C15H13N3OS2/c1-10(19)17-11-5-6-13-14(8-11)21-15(18-13)20-9-12-4-2-3-7-16-12/h2-8H,9H2,1H3,(H,17,19). The van der Waals surface area contributed by atoms with Gasteiger partial charge in [-0.25, -0.2) is 4.98 Å². The molecule has 2 heterocycles. The molecule has 0 spiro atoms. The van der Waals surface area contributed by atoms with Crippen molar-refractivity contribution >= 4 is 44.9 Å². The number of carbonyl (C=O) groups is 1. The molecule has 0 aliphatic carbocycles. The lowest BCUT2D eigenvalue weighted by Gasteiger charge is -1.99. The fourth-order valence-electron chi connectivity index (χ4n) is 1.87. The van der Waals surface area contributed by atoms with Crippen LogP contribution in [-0.4, -0.2) is 15.9 Å². The largest absolute Gasteiger partial charge is 0.326 e. The van der Waals surface area contributed by atoms with Gasteiger partial charge in [-0.05, 0) is 30.3 Å². The number of nitrogens with zero attached hydrogens (tertiary/aromatic N) is 2. The summed E-state index contributed by atoms with van der Waals surface area (Å²) in [4.78, 5) is 20.0. The molecule has 2 aromatic heterocycles. The van der Waals surface area contributed by atoms with Gasteiger partial charge >= 0.3 is 0 Å². The molecule has 1 amide bonds. The van der Waals surface area contributed by atoms with Gasteiger partial charge in [0.1, 0.15) is 0 Å². The van der Waals surface area contributed by atoms with Gasteiger partial charge in [-0.3, -0.25) is 9.78 Å². The third-order valence-corrected chi connectivity index (χ3v) is 4.95. The number of anilines is 1. The van der Waals surface area contributed by atoms with E-state index in [1.807, 2.05) is 36.4 Å². The van der Waals surface area contributed by atoms with E-state index in [-0.39, 0.29) is 5.91 Å². The van der Waals surface area contributed by atoms with Crippen molar-refractivity contribution in [2.75, 3.05) is 5.32 Å². The van der Waals surface area contributed by atoms with Crippen molar-refractivity contribution in [2.45, 2.75) is 17.0 Å². The van der Waals surface area contributed by atoms with Crippen molar-refractivity contribution in [1.82, 2.24) is 9.97 Å². The third-order valence-electron chi connectivity index (χ3n) is 2.76. The van der Waals surface area contributed by atoms with Crippen LogP contribution in [0.15, 0.2) is 46.9 Å². The number of pyridine rings is 1. The van der Waals surface area contributed by atoms with Crippen molar-refractivity contribution in [3.05, 3.63) is 48.3 Å². The fourth-order valence-corrected chi connectivity index (χ4v) is 3.89. The first-order valence-corrected chi connectivity index (χ1v) is 8.22. The molecule has 3 aromatic rings. The first kappa shape index (κ1) is 14.0. The van der Waals surface area contributed by atoms with Crippen LogP contribution in [0.25, 0.3) is 10.2 Å². The Bertz CT molecular complexity index is 771. The lowest BCUT2D eigenvalue weighted by molar-refractivity contribution is -0.114. The van der Waals surface area contributed by atoms with Gasteiger partial charge in [0.25, 0.3) is 0 Å². The number of thioether (sulfide) groups is 1. The minimum absolute atomic E-state index is 0.0661. The van der Waals surface area contributed by atoms with E-state index in [1.54, 1.807) is 29.3 Å². The van der Waals surface area contributed by atoms with Gasteiger partial charge in [0.15, 0.2) is 4.34 Å². The van der Waals surface area contributed by atoms with Crippen molar-refractivity contribution in [1.29, 1.82) is 0 Å². The normalized spacial score (nSPS) is 10.7. The topological polar surface area (TPSA) is 54.9 Å². The lowest BCUT2D eigenvalue weighted by atomic mass is 10.3. The molecule has 0 fully saturated rings. The van der Waals surface area contributed by atoms with Crippen molar-refractivity contribution in [2.24, 2.45) is 0 Å². The van der Waals surface area contributed by atoms with Gasteiger partial charge < -0.3 is 5.32 Å². The number of carbonyl (C=O) groups excluding carboxylic acids is 1. The molecule has 1 N–H and O–H groups in total.